The summed E-state index contributed by atoms with van der Waals surface area (Å²) in [6.07, 6.45) is 1.76. The van der Waals surface area contributed by atoms with Crippen molar-refractivity contribution in [3.63, 3.8) is 0 Å². The maximum absolute atomic E-state index is 11.3. The summed E-state index contributed by atoms with van der Waals surface area (Å²) < 4.78 is 4.82. The van der Waals surface area contributed by atoms with Crippen LogP contribution in [0.1, 0.15) is 11.5 Å². The number of imidazole rings is 1. The number of aromatic amines is 1. The van der Waals surface area contributed by atoms with Gasteiger partial charge in [0.25, 0.3) is 0 Å². The lowest BCUT2D eigenvalue weighted by Gasteiger charge is -2.05. The van der Waals surface area contributed by atoms with Crippen molar-refractivity contribution in [2.75, 3.05) is 26.8 Å². The van der Waals surface area contributed by atoms with E-state index < -0.39 is 0 Å². The number of ether oxygens (including phenoxy) is 1. The number of hydrogen-bond donors (Lipinski definition) is 3. The minimum atomic E-state index is -0.0340. The minimum absolute atomic E-state index is 0.0340. The highest BCUT2D eigenvalue weighted by atomic mass is 16.5. The zero-order chi connectivity index (χ0) is 11.8. The maximum Gasteiger partial charge on any atom is 0.234 e. The molecule has 1 heterocycles. The number of hydrogen-bond acceptors (Lipinski definition) is 4. The van der Waals surface area contributed by atoms with Crippen LogP contribution in [-0.2, 0) is 16.1 Å². The number of H-pyrrole nitrogens is 1. The highest BCUT2D eigenvalue weighted by Crippen LogP contribution is 1.93. The van der Waals surface area contributed by atoms with E-state index in [4.69, 9.17) is 4.74 Å². The SMILES string of the molecule is COCCNC(=O)CNCc1cnc(C)[nH]1. The Balaban J connectivity index is 2.08. The molecule has 0 radical (unpaired) electrons. The lowest BCUT2D eigenvalue weighted by molar-refractivity contribution is -0.120. The first-order valence-corrected chi connectivity index (χ1v) is 5.19. The second-order valence-corrected chi connectivity index (χ2v) is 3.44. The summed E-state index contributed by atoms with van der Waals surface area (Å²) >= 11 is 0. The van der Waals surface area contributed by atoms with E-state index in [0.717, 1.165) is 11.5 Å². The molecule has 0 aliphatic carbocycles. The molecule has 0 spiro atoms. The number of nitrogens with one attached hydrogen (secondary N) is 3. The van der Waals surface area contributed by atoms with Gasteiger partial charge in [-0.05, 0) is 6.92 Å². The third kappa shape index (κ3) is 4.90. The molecule has 0 saturated carbocycles. The fraction of sp³-hybridized carbons (Fsp3) is 0.600. The lowest BCUT2D eigenvalue weighted by Crippen LogP contribution is -2.35. The van der Waals surface area contributed by atoms with Crippen LogP contribution in [0, 0.1) is 6.92 Å². The molecule has 0 atom stereocenters. The molecule has 1 rings (SSSR count). The van der Waals surface area contributed by atoms with Gasteiger partial charge in [0, 0.05) is 32.1 Å². The summed E-state index contributed by atoms with van der Waals surface area (Å²) in [6.45, 7) is 3.87. The van der Waals surface area contributed by atoms with Crippen LogP contribution in [-0.4, -0.2) is 42.7 Å². The summed E-state index contributed by atoms with van der Waals surface area (Å²) in [5, 5.41) is 5.74. The smallest absolute Gasteiger partial charge is 0.234 e. The molecule has 90 valence electrons. The van der Waals surface area contributed by atoms with Gasteiger partial charge in [0.15, 0.2) is 0 Å². The normalized spacial score (nSPS) is 10.4. The highest BCUT2D eigenvalue weighted by Gasteiger charge is 2.00. The quantitative estimate of drug-likeness (QED) is 0.551. The molecule has 6 heteroatoms. The Morgan fingerprint density at radius 3 is 3.06 bits per heavy atom. The molecule has 6 nitrogen and oxygen atoms in total. The van der Waals surface area contributed by atoms with Crippen molar-refractivity contribution in [3.8, 4) is 0 Å². The molecule has 0 fully saturated rings. The van der Waals surface area contributed by atoms with Crippen molar-refractivity contribution in [3.05, 3.63) is 17.7 Å². The zero-order valence-electron chi connectivity index (χ0n) is 9.67. The minimum Gasteiger partial charge on any atom is -0.383 e. The van der Waals surface area contributed by atoms with Gasteiger partial charge in [-0.1, -0.05) is 0 Å². The van der Waals surface area contributed by atoms with E-state index >= 15 is 0 Å². The number of methoxy groups -OCH3 is 1. The fourth-order valence-electron chi connectivity index (χ4n) is 1.23. The lowest BCUT2D eigenvalue weighted by atomic mass is 10.4. The fourth-order valence-corrected chi connectivity index (χ4v) is 1.23. The molecule has 0 aliphatic heterocycles. The van der Waals surface area contributed by atoms with Crippen molar-refractivity contribution in [2.45, 2.75) is 13.5 Å². The topological polar surface area (TPSA) is 79.0 Å². The van der Waals surface area contributed by atoms with Gasteiger partial charge in [-0.3, -0.25) is 4.79 Å². The first kappa shape index (κ1) is 12.7. The number of nitrogens with zero attached hydrogens (tertiary/aromatic N) is 1. The average Bonchev–Trinajstić information content (AvgIpc) is 2.65. The number of rotatable bonds is 7. The molecule has 0 unspecified atom stereocenters. The van der Waals surface area contributed by atoms with Crippen molar-refractivity contribution in [2.24, 2.45) is 0 Å². The van der Waals surface area contributed by atoms with Crippen LogP contribution in [0.25, 0.3) is 0 Å². The van der Waals surface area contributed by atoms with Gasteiger partial charge in [-0.2, -0.15) is 0 Å². The second kappa shape index (κ2) is 6.97. The Kier molecular flexibility index (Phi) is 5.52. The van der Waals surface area contributed by atoms with Gasteiger partial charge in [-0.25, -0.2) is 4.98 Å². The van der Waals surface area contributed by atoms with Gasteiger partial charge in [0.1, 0.15) is 5.82 Å². The van der Waals surface area contributed by atoms with Crippen LogP contribution in [0.4, 0.5) is 0 Å². The number of aryl methyl sites for hydroxylation is 1. The molecular weight excluding hydrogens is 208 g/mol. The van der Waals surface area contributed by atoms with Gasteiger partial charge in [0.2, 0.25) is 5.91 Å². The molecule has 1 aromatic heterocycles. The predicted octanol–water partition coefficient (Wildman–Crippen LogP) is -0.430. The van der Waals surface area contributed by atoms with Gasteiger partial charge in [-0.15, -0.1) is 0 Å². The van der Waals surface area contributed by atoms with Crippen LogP contribution < -0.4 is 10.6 Å². The van der Waals surface area contributed by atoms with E-state index in [0.29, 0.717) is 26.2 Å². The molecule has 16 heavy (non-hydrogen) atoms. The number of aromatic nitrogens is 2. The van der Waals surface area contributed by atoms with Gasteiger partial charge >= 0.3 is 0 Å². The maximum atomic E-state index is 11.3. The number of amides is 1. The highest BCUT2D eigenvalue weighted by molar-refractivity contribution is 5.77. The Morgan fingerprint density at radius 2 is 2.44 bits per heavy atom. The second-order valence-electron chi connectivity index (χ2n) is 3.44. The van der Waals surface area contributed by atoms with Gasteiger partial charge < -0.3 is 20.4 Å². The van der Waals surface area contributed by atoms with Crippen LogP contribution in [0.3, 0.4) is 0 Å². The summed E-state index contributed by atoms with van der Waals surface area (Å²) in [7, 11) is 1.60. The Labute approximate surface area is 94.8 Å². The largest absolute Gasteiger partial charge is 0.383 e. The van der Waals surface area contributed by atoms with Crippen molar-refractivity contribution < 1.29 is 9.53 Å². The van der Waals surface area contributed by atoms with Crippen molar-refractivity contribution in [1.82, 2.24) is 20.6 Å². The van der Waals surface area contributed by atoms with Crippen LogP contribution in [0.15, 0.2) is 6.20 Å². The molecule has 3 N–H and O–H groups in total. The Morgan fingerprint density at radius 1 is 1.62 bits per heavy atom. The van der Waals surface area contributed by atoms with Crippen LogP contribution in [0.5, 0.6) is 0 Å². The van der Waals surface area contributed by atoms with Crippen LogP contribution >= 0.6 is 0 Å². The summed E-state index contributed by atoms with van der Waals surface area (Å²) in [5.74, 6) is 0.842. The predicted molar refractivity (Wildman–Crippen MR) is 59.9 cm³/mol. The third-order valence-corrected chi connectivity index (χ3v) is 1.98. The van der Waals surface area contributed by atoms with Crippen molar-refractivity contribution >= 4 is 5.91 Å². The van der Waals surface area contributed by atoms with E-state index in [1.807, 2.05) is 6.92 Å². The van der Waals surface area contributed by atoms with E-state index in [1.165, 1.54) is 0 Å². The zero-order valence-corrected chi connectivity index (χ0v) is 9.67. The van der Waals surface area contributed by atoms with E-state index in [9.17, 15) is 4.79 Å². The van der Waals surface area contributed by atoms with E-state index in [2.05, 4.69) is 20.6 Å². The molecule has 1 aromatic rings. The summed E-state index contributed by atoms with van der Waals surface area (Å²) in [4.78, 5) is 18.4. The standard InChI is InChI=1S/C10H18N4O2/c1-8-13-6-9(14-8)5-11-7-10(15)12-3-4-16-2/h6,11H,3-5,7H2,1-2H3,(H,12,15)(H,13,14). The van der Waals surface area contributed by atoms with E-state index in [1.54, 1.807) is 13.3 Å². The Hall–Kier alpha value is -1.40. The first-order chi connectivity index (χ1) is 7.72. The molecule has 0 aliphatic rings. The molecule has 0 aromatic carbocycles. The summed E-state index contributed by atoms with van der Waals surface area (Å²) in [6, 6.07) is 0. The third-order valence-electron chi connectivity index (χ3n) is 1.98. The first-order valence-electron chi connectivity index (χ1n) is 5.19. The molecular formula is C10H18N4O2. The van der Waals surface area contributed by atoms with E-state index in [-0.39, 0.29) is 5.91 Å². The molecule has 0 saturated heterocycles. The molecule has 0 bridgehead atoms. The number of carbonyl (C=O) groups excluding carboxylic acids is 1. The number of carbonyl (C=O) groups is 1. The van der Waals surface area contributed by atoms with Crippen LogP contribution in [0.2, 0.25) is 0 Å². The van der Waals surface area contributed by atoms with Gasteiger partial charge in [0.05, 0.1) is 13.2 Å². The molecule has 1 amide bonds. The van der Waals surface area contributed by atoms with Crippen molar-refractivity contribution in [1.29, 1.82) is 0 Å². The Bertz CT molecular complexity index is 324. The average molecular weight is 226 g/mol. The monoisotopic (exact) mass is 226 g/mol. The summed E-state index contributed by atoms with van der Waals surface area (Å²) in [5.41, 5.74) is 0.974.